The van der Waals surface area contributed by atoms with Crippen LogP contribution in [-0.4, -0.2) is 52.2 Å². The third-order valence-corrected chi connectivity index (χ3v) is 3.22. The Labute approximate surface area is 132 Å². The molecule has 0 aliphatic heterocycles. The summed E-state index contributed by atoms with van der Waals surface area (Å²) in [6, 6.07) is 5.57. The number of hydrogen-bond donors (Lipinski definition) is 1. The van der Waals surface area contributed by atoms with Gasteiger partial charge in [-0.15, -0.1) is 0 Å². The number of carbonyl (C=O) groups is 1. The summed E-state index contributed by atoms with van der Waals surface area (Å²) in [5.41, 5.74) is 1.57. The monoisotopic (exact) mass is 306 g/mol. The van der Waals surface area contributed by atoms with Crippen molar-refractivity contribution in [3.63, 3.8) is 0 Å². The Kier molecular flexibility index (Phi) is 7.46. The van der Waals surface area contributed by atoms with Gasteiger partial charge in [0.1, 0.15) is 0 Å². The van der Waals surface area contributed by atoms with E-state index in [1.807, 2.05) is 38.4 Å². The van der Waals surface area contributed by atoms with E-state index in [2.05, 4.69) is 10.2 Å². The number of benzene rings is 1. The van der Waals surface area contributed by atoms with E-state index in [9.17, 15) is 4.79 Å². The number of nitrogens with one attached hydrogen (secondary N) is 1. The Morgan fingerprint density at radius 2 is 1.91 bits per heavy atom. The number of amides is 1. The largest absolute Gasteiger partial charge is 0.493 e. The summed E-state index contributed by atoms with van der Waals surface area (Å²) < 4.78 is 10.5. The summed E-state index contributed by atoms with van der Waals surface area (Å²) in [4.78, 5) is 14.1. The predicted molar refractivity (Wildman–Crippen MR) is 89.4 cm³/mol. The van der Waals surface area contributed by atoms with Gasteiger partial charge in [-0.25, -0.2) is 0 Å². The molecule has 1 N–H and O–H groups in total. The van der Waals surface area contributed by atoms with Gasteiger partial charge in [-0.1, -0.05) is 6.07 Å². The molecule has 0 saturated carbocycles. The minimum absolute atomic E-state index is 0.0476. The highest BCUT2D eigenvalue weighted by atomic mass is 16.5. The number of rotatable bonds is 8. The fourth-order valence-electron chi connectivity index (χ4n) is 1.99. The van der Waals surface area contributed by atoms with Gasteiger partial charge in [-0.2, -0.15) is 0 Å². The first-order valence-electron chi connectivity index (χ1n) is 7.31. The highest BCUT2D eigenvalue weighted by molar-refractivity contribution is 5.97. The van der Waals surface area contributed by atoms with Crippen molar-refractivity contribution in [2.24, 2.45) is 0 Å². The summed E-state index contributed by atoms with van der Waals surface area (Å²) in [6.45, 7) is 3.44. The quantitative estimate of drug-likeness (QED) is 0.591. The fourth-order valence-corrected chi connectivity index (χ4v) is 1.99. The Balaban J connectivity index is 2.65. The zero-order valence-corrected chi connectivity index (χ0v) is 14.1. The molecular weight excluding hydrogens is 280 g/mol. The first-order chi connectivity index (χ1) is 10.5. The molecule has 1 amide bonds. The van der Waals surface area contributed by atoms with E-state index in [1.54, 1.807) is 21.1 Å². The Morgan fingerprint density at radius 3 is 2.50 bits per heavy atom. The second-order valence-electron chi connectivity index (χ2n) is 5.35. The molecule has 1 aromatic carbocycles. The average molecular weight is 306 g/mol. The fraction of sp³-hybridized carbons (Fsp3) is 0.471. The van der Waals surface area contributed by atoms with E-state index in [1.165, 1.54) is 0 Å². The maximum Gasteiger partial charge on any atom is 0.246 e. The van der Waals surface area contributed by atoms with Crippen LogP contribution in [0.5, 0.6) is 11.5 Å². The van der Waals surface area contributed by atoms with Crippen LogP contribution in [0.4, 0.5) is 0 Å². The van der Waals surface area contributed by atoms with Gasteiger partial charge in [0.05, 0.1) is 14.2 Å². The lowest BCUT2D eigenvalue weighted by atomic mass is 10.1. The van der Waals surface area contributed by atoms with Crippen LogP contribution >= 0.6 is 0 Å². The van der Waals surface area contributed by atoms with Crippen LogP contribution in [0.3, 0.4) is 0 Å². The van der Waals surface area contributed by atoms with Crippen molar-refractivity contribution >= 4 is 12.0 Å². The van der Waals surface area contributed by atoms with E-state index in [-0.39, 0.29) is 5.91 Å². The van der Waals surface area contributed by atoms with Crippen molar-refractivity contribution < 1.29 is 14.3 Å². The second kappa shape index (κ2) is 9.10. The summed E-state index contributed by atoms with van der Waals surface area (Å²) in [7, 11) is 7.23. The lowest BCUT2D eigenvalue weighted by Crippen LogP contribution is -2.27. The first kappa shape index (κ1) is 18.0. The molecule has 0 atom stereocenters. The van der Waals surface area contributed by atoms with Crippen molar-refractivity contribution in [1.29, 1.82) is 0 Å². The Bertz CT molecular complexity index is 525. The SMILES string of the molecule is COc1ccc(/C=C(\C)C(=O)NCCCN(C)C)cc1OC. The molecular formula is C17H26N2O3. The molecule has 5 heteroatoms. The van der Waals surface area contributed by atoms with Crippen LogP contribution in [0.1, 0.15) is 18.9 Å². The molecule has 122 valence electrons. The van der Waals surface area contributed by atoms with E-state index in [0.717, 1.165) is 18.5 Å². The van der Waals surface area contributed by atoms with Crippen molar-refractivity contribution in [3.05, 3.63) is 29.3 Å². The minimum atomic E-state index is -0.0476. The molecule has 0 aliphatic rings. The van der Waals surface area contributed by atoms with Crippen molar-refractivity contribution in [2.45, 2.75) is 13.3 Å². The molecule has 5 nitrogen and oxygen atoms in total. The maximum atomic E-state index is 12.0. The van der Waals surface area contributed by atoms with Crippen LogP contribution in [0.25, 0.3) is 6.08 Å². The van der Waals surface area contributed by atoms with Gasteiger partial charge in [-0.3, -0.25) is 4.79 Å². The second-order valence-corrected chi connectivity index (χ2v) is 5.35. The summed E-state index contributed by atoms with van der Waals surface area (Å²) in [5.74, 6) is 1.27. The van der Waals surface area contributed by atoms with E-state index in [4.69, 9.17) is 9.47 Å². The van der Waals surface area contributed by atoms with Crippen molar-refractivity contribution in [1.82, 2.24) is 10.2 Å². The molecule has 0 unspecified atom stereocenters. The van der Waals surface area contributed by atoms with Crippen molar-refractivity contribution in [2.75, 3.05) is 41.4 Å². The number of hydrogen-bond acceptors (Lipinski definition) is 4. The maximum absolute atomic E-state index is 12.0. The Morgan fingerprint density at radius 1 is 1.23 bits per heavy atom. The zero-order valence-electron chi connectivity index (χ0n) is 14.1. The Hall–Kier alpha value is -2.01. The summed E-state index contributed by atoms with van der Waals surface area (Å²) >= 11 is 0. The van der Waals surface area contributed by atoms with Gasteiger partial charge in [0.15, 0.2) is 11.5 Å². The van der Waals surface area contributed by atoms with Gasteiger partial charge < -0.3 is 19.7 Å². The van der Waals surface area contributed by atoms with Gasteiger partial charge in [-0.05, 0) is 57.8 Å². The third kappa shape index (κ3) is 5.77. The summed E-state index contributed by atoms with van der Waals surface area (Å²) in [6.07, 6.45) is 2.77. The van der Waals surface area contributed by atoms with Gasteiger partial charge in [0.2, 0.25) is 5.91 Å². The zero-order chi connectivity index (χ0) is 16.5. The molecule has 1 rings (SSSR count). The minimum Gasteiger partial charge on any atom is -0.493 e. The molecule has 0 heterocycles. The van der Waals surface area contributed by atoms with Gasteiger partial charge >= 0.3 is 0 Å². The average Bonchev–Trinajstić information content (AvgIpc) is 2.50. The van der Waals surface area contributed by atoms with E-state index < -0.39 is 0 Å². The van der Waals surface area contributed by atoms with Crippen LogP contribution in [-0.2, 0) is 4.79 Å². The highest BCUT2D eigenvalue weighted by Gasteiger charge is 2.06. The van der Waals surface area contributed by atoms with Crippen LogP contribution in [0.2, 0.25) is 0 Å². The normalized spacial score (nSPS) is 11.5. The molecule has 0 saturated heterocycles. The molecule has 1 aromatic rings. The molecule has 0 fully saturated rings. The number of methoxy groups -OCH3 is 2. The highest BCUT2D eigenvalue weighted by Crippen LogP contribution is 2.28. The predicted octanol–water partition coefficient (Wildman–Crippen LogP) is 2.17. The van der Waals surface area contributed by atoms with Gasteiger partial charge in [0, 0.05) is 12.1 Å². The molecule has 0 aliphatic carbocycles. The van der Waals surface area contributed by atoms with Crippen molar-refractivity contribution in [3.8, 4) is 11.5 Å². The number of nitrogens with zero attached hydrogens (tertiary/aromatic N) is 1. The van der Waals surface area contributed by atoms with E-state index >= 15 is 0 Å². The lowest BCUT2D eigenvalue weighted by molar-refractivity contribution is -0.117. The third-order valence-electron chi connectivity index (χ3n) is 3.22. The number of ether oxygens (including phenoxy) is 2. The molecule has 22 heavy (non-hydrogen) atoms. The standard InChI is InChI=1S/C17H26N2O3/c1-13(17(20)18-9-6-10-19(2)3)11-14-7-8-15(21-4)16(12-14)22-5/h7-8,11-12H,6,9-10H2,1-5H3,(H,18,20)/b13-11+. The van der Waals surface area contributed by atoms with Crippen LogP contribution < -0.4 is 14.8 Å². The van der Waals surface area contributed by atoms with E-state index in [0.29, 0.717) is 23.6 Å². The smallest absolute Gasteiger partial charge is 0.246 e. The first-order valence-corrected chi connectivity index (χ1v) is 7.31. The van der Waals surface area contributed by atoms with Crippen LogP contribution in [0, 0.1) is 0 Å². The summed E-state index contributed by atoms with van der Waals surface area (Å²) in [5, 5.41) is 2.92. The topological polar surface area (TPSA) is 50.8 Å². The molecule has 0 spiro atoms. The molecule has 0 bridgehead atoms. The van der Waals surface area contributed by atoms with Gasteiger partial charge in [0.25, 0.3) is 0 Å². The number of carbonyl (C=O) groups excluding carboxylic acids is 1. The molecule has 0 aromatic heterocycles. The van der Waals surface area contributed by atoms with Crippen LogP contribution in [0.15, 0.2) is 23.8 Å². The molecule has 0 radical (unpaired) electrons. The lowest BCUT2D eigenvalue weighted by Gasteiger charge is -2.10.